The number of fused-ring (bicyclic) bond motifs is 1. The van der Waals surface area contributed by atoms with Crippen LogP contribution in [0.15, 0.2) is 18.2 Å². The Balaban J connectivity index is 2.03. The first-order valence-corrected chi connectivity index (χ1v) is 8.19. The molecule has 2 rings (SSSR count). The topological polar surface area (TPSA) is 55.1 Å². The summed E-state index contributed by atoms with van der Waals surface area (Å²) in [5.41, 5.74) is 9.22. The highest BCUT2D eigenvalue weighted by atomic mass is 16.1. The van der Waals surface area contributed by atoms with Crippen molar-refractivity contribution in [3.8, 4) is 0 Å². The molecule has 1 aliphatic rings. The second-order valence-corrected chi connectivity index (χ2v) is 6.59. The molecule has 0 radical (unpaired) electrons. The Morgan fingerprint density at radius 2 is 2.19 bits per heavy atom. The van der Waals surface area contributed by atoms with Gasteiger partial charge in [0.15, 0.2) is 0 Å². The summed E-state index contributed by atoms with van der Waals surface area (Å²) in [4.78, 5) is 12.3. The fourth-order valence-electron chi connectivity index (χ4n) is 3.33. The van der Waals surface area contributed by atoms with Crippen LogP contribution in [0.4, 0.5) is 5.69 Å². The number of nitrogens with two attached hydrogens (primary N) is 1. The molecule has 0 saturated heterocycles. The smallest absolute Gasteiger partial charge is 0.220 e. The SMILES string of the molecule is CCC(CC(=O)NC1CCCc2cc(N)ccc21)C(C)C. The minimum atomic E-state index is 0.159. The van der Waals surface area contributed by atoms with Crippen molar-refractivity contribution in [3.63, 3.8) is 0 Å². The molecule has 3 heteroatoms. The molecule has 0 saturated carbocycles. The van der Waals surface area contributed by atoms with E-state index in [-0.39, 0.29) is 11.9 Å². The molecule has 1 aromatic rings. The van der Waals surface area contributed by atoms with E-state index in [2.05, 4.69) is 38.2 Å². The van der Waals surface area contributed by atoms with Crippen LogP contribution >= 0.6 is 0 Å². The quantitative estimate of drug-likeness (QED) is 0.809. The van der Waals surface area contributed by atoms with E-state index in [0.717, 1.165) is 31.4 Å². The lowest BCUT2D eigenvalue weighted by atomic mass is 9.86. The summed E-state index contributed by atoms with van der Waals surface area (Å²) in [6.45, 7) is 6.55. The number of anilines is 1. The number of nitrogen functional groups attached to an aromatic ring is 1. The first kappa shape index (κ1) is 15.9. The number of rotatable bonds is 5. The van der Waals surface area contributed by atoms with Crippen molar-refractivity contribution in [2.75, 3.05) is 5.73 Å². The number of benzene rings is 1. The second kappa shape index (κ2) is 6.97. The summed E-state index contributed by atoms with van der Waals surface area (Å²) >= 11 is 0. The Kier molecular flexibility index (Phi) is 5.27. The molecule has 0 heterocycles. The lowest BCUT2D eigenvalue weighted by Crippen LogP contribution is -2.32. The lowest BCUT2D eigenvalue weighted by molar-refractivity contribution is -0.123. The van der Waals surface area contributed by atoms with E-state index < -0.39 is 0 Å². The molecule has 3 N–H and O–H groups in total. The number of carbonyl (C=O) groups is 1. The summed E-state index contributed by atoms with van der Waals surface area (Å²) in [5.74, 6) is 1.21. The van der Waals surface area contributed by atoms with Crippen molar-refractivity contribution in [2.24, 2.45) is 11.8 Å². The Morgan fingerprint density at radius 1 is 1.43 bits per heavy atom. The van der Waals surface area contributed by atoms with Gasteiger partial charge in [-0.05, 0) is 54.4 Å². The van der Waals surface area contributed by atoms with Crippen LogP contribution in [0.1, 0.15) is 63.6 Å². The molecule has 1 amide bonds. The van der Waals surface area contributed by atoms with Crippen LogP contribution in [0.25, 0.3) is 0 Å². The Labute approximate surface area is 128 Å². The molecule has 0 bridgehead atoms. The van der Waals surface area contributed by atoms with E-state index in [1.165, 1.54) is 11.1 Å². The highest BCUT2D eigenvalue weighted by Crippen LogP contribution is 2.31. The van der Waals surface area contributed by atoms with Crippen molar-refractivity contribution in [3.05, 3.63) is 29.3 Å². The molecule has 2 unspecified atom stereocenters. The van der Waals surface area contributed by atoms with E-state index in [4.69, 9.17) is 5.73 Å². The average Bonchev–Trinajstić information content (AvgIpc) is 2.44. The number of nitrogens with one attached hydrogen (secondary N) is 1. The summed E-state index contributed by atoms with van der Waals surface area (Å²) in [6.07, 6.45) is 4.90. The molecule has 0 aromatic heterocycles. The molecule has 1 aromatic carbocycles. The first-order valence-electron chi connectivity index (χ1n) is 8.19. The second-order valence-electron chi connectivity index (χ2n) is 6.59. The van der Waals surface area contributed by atoms with Gasteiger partial charge in [-0.3, -0.25) is 4.79 Å². The van der Waals surface area contributed by atoms with Gasteiger partial charge >= 0.3 is 0 Å². The van der Waals surface area contributed by atoms with Crippen LogP contribution in [0.5, 0.6) is 0 Å². The molecular formula is C18H28N2O. The van der Waals surface area contributed by atoms with Gasteiger partial charge in [0.25, 0.3) is 0 Å². The molecule has 2 atom stereocenters. The van der Waals surface area contributed by atoms with Gasteiger partial charge in [-0.1, -0.05) is 33.3 Å². The maximum atomic E-state index is 12.3. The van der Waals surface area contributed by atoms with Crippen molar-refractivity contribution < 1.29 is 4.79 Å². The van der Waals surface area contributed by atoms with Crippen molar-refractivity contribution >= 4 is 11.6 Å². The van der Waals surface area contributed by atoms with Gasteiger partial charge in [-0.25, -0.2) is 0 Å². The monoisotopic (exact) mass is 288 g/mol. The lowest BCUT2D eigenvalue weighted by Gasteiger charge is -2.28. The molecular weight excluding hydrogens is 260 g/mol. The van der Waals surface area contributed by atoms with Gasteiger partial charge in [0.1, 0.15) is 0 Å². The maximum Gasteiger partial charge on any atom is 0.220 e. The molecule has 116 valence electrons. The van der Waals surface area contributed by atoms with Crippen LogP contribution in [0, 0.1) is 11.8 Å². The Hall–Kier alpha value is -1.51. The van der Waals surface area contributed by atoms with Crippen molar-refractivity contribution in [1.82, 2.24) is 5.32 Å². The van der Waals surface area contributed by atoms with Crippen LogP contribution in [0.3, 0.4) is 0 Å². The van der Waals surface area contributed by atoms with Gasteiger partial charge in [0.05, 0.1) is 6.04 Å². The van der Waals surface area contributed by atoms with Crippen LogP contribution in [-0.4, -0.2) is 5.91 Å². The Bertz CT molecular complexity index is 496. The van der Waals surface area contributed by atoms with Gasteiger partial charge in [-0.15, -0.1) is 0 Å². The highest BCUT2D eigenvalue weighted by molar-refractivity contribution is 5.77. The fraction of sp³-hybridized carbons (Fsp3) is 0.611. The molecule has 0 aliphatic heterocycles. The van der Waals surface area contributed by atoms with Gasteiger partial charge in [-0.2, -0.15) is 0 Å². The maximum absolute atomic E-state index is 12.3. The van der Waals surface area contributed by atoms with E-state index in [9.17, 15) is 4.79 Å². The normalized spacial score (nSPS) is 19.1. The fourth-order valence-corrected chi connectivity index (χ4v) is 3.33. The van der Waals surface area contributed by atoms with E-state index in [0.29, 0.717) is 18.3 Å². The zero-order chi connectivity index (χ0) is 15.4. The van der Waals surface area contributed by atoms with E-state index >= 15 is 0 Å². The predicted octanol–water partition coefficient (Wildman–Crippen LogP) is 3.83. The van der Waals surface area contributed by atoms with Crippen molar-refractivity contribution in [1.29, 1.82) is 0 Å². The highest BCUT2D eigenvalue weighted by Gasteiger charge is 2.23. The summed E-state index contributed by atoms with van der Waals surface area (Å²) < 4.78 is 0. The van der Waals surface area contributed by atoms with Crippen molar-refractivity contribution in [2.45, 2.75) is 58.9 Å². The summed E-state index contributed by atoms with van der Waals surface area (Å²) in [7, 11) is 0. The minimum absolute atomic E-state index is 0.159. The van der Waals surface area contributed by atoms with Crippen LogP contribution < -0.4 is 11.1 Å². The van der Waals surface area contributed by atoms with Gasteiger partial charge in [0, 0.05) is 12.1 Å². The standard InChI is InChI=1S/C18H28N2O/c1-4-13(12(2)3)11-18(21)20-17-7-5-6-14-10-15(19)8-9-16(14)17/h8-10,12-13,17H,4-7,11,19H2,1-3H3,(H,20,21). The number of carbonyl (C=O) groups excluding carboxylic acids is 1. The van der Waals surface area contributed by atoms with Gasteiger partial charge < -0.3 is 11.1 Å². The summed E-state index contributed by atoms with van der Waals surface area (Å²) in [6, 6.07) is 6.23. The van der Waals surface area contributed by atoms with E-state index in [1.54, 1.807) is 0 Å². The predicted molar refractivity (Wildman–Crippen MR) is 87.9 cm³/mol. The zero-order valence-corrected chi connectivity index (χ0v) is 13.5. The number of hydrogen-bond donors (Lipinski definition) is 2. The van der Waals surface area contributed by atoms with E-state index in [1.807, 2.05) is 6.07 Å². The minimum Gasteiger partial charge on any atom is -0.399 e. The van der Waals surface area contributed by atoms with Gasteiger partial charge in [0.2, 0.25) is 5.91 Å². The molecule has 0 fully saturated rings. The first-order chi connectivity index (χ1) is 10.0. The third-order valence-corrected chi connectivity index (χ3v) is 4.73. The van der Waals surface area contributed by atoms with Crippen LogP contribution in [-0.2, 0) is 11.2 Å². The number of hydrogen-bond acceptors (Lipinski definition) is 2. The molecule has 3 nitrogen and oxygen atoms in total. The third-order valence-electron chi connectivity index (χ3n) is 4.73. The number of aryl methyl sites for hydroxylation is 1. The third kappa shape index (κ3) is 3.99. The molecule has 0 spiro atoms. The average molecular weight is 288 g/mol. The zero-order valence-electron chi connectivity index (χ0n) is 13.5. The number of amides is 1. The molecule has 21 heavy (non-hydrogen) atoms. The summed E-state index contributed by atoms with van der Waals surface area (Å²) in [5, 5.41) is 3.23. The largest absolute Gasteiger partial charge is 0.399 e. The Morgan fingerprint density at radius 3 is 2.86 bits per heavy atom. The molecule has 1 aliphatic carbocycles. The van der Waals surface area contributed by atoms with Crippen LogP contribution in [0.2, 0.25) is 0 Å².